The third-order valence-electron chi connectivity index (χ3n) is 7.32. The van der Waals surface area contributed by atoms with E-state index in [2.05, 4.69) is 41.7 Å². The van der Waals surface area contributed by atoms with Crippen LogP contribution in [0.2, 0.25) is 0 Å². The van der Waals surface area contributed by atoms with Crippen molar-refractivity contribution in [2.45, 2.75) is 52.7 Å². The zero-order chi connectivity index (χ0) is 32.1. The summed E-state index contributed by atoms with van der Waals surface area (Å²) >= 11 is 0. The number of hydrogen-bond donors (Lipinski definition) is 3. The minimum atomic E-state index is -0.594. The highest BCUT2D eigenvalue weighted by atomic mass is 16.5. The summed E-state index contributed by atoms with van der Waals surface area (Å²) in [6, 6.07) is 24.5. The fourth-order valence-corrected chi connectivity index (χ4v) is 4.62. The average Bonchev–Trinajstić information content (AvgIpc) is 3.45. The summed E-state index contributed by atoms with van der Waals surface area (Å²) in [6.07, 6.45) is 1.02. The molecule has 45 heavy (non-hydrogen) atoms. The second-order valence-electron chi connectivity index (χ2n) is 11.9. The summed E-state index contributed by atoms with van der Waals surface area (Å²) in [5.74, 6) is 1.35. The number of anilines is 3. The van der Waals surface area contributed by atoms with Gasteiger partial charge < -0.3 is 20.1 Å². The summed E-state index contributed by atoms with van der Waals surface area (Å²) in [4.78, 5) is 29.7. The molecule has 0 saturated heterocycles. The van der Waals surface area contributed by atoms with Gasteiger partial charge in [0.05, 0.1) is 17.1 Å². The lowest BCUT2D eigenvalue weighted by molar-refractivity contribution is -0.124. The fraction of sp³-hybridized carbons (Fsp3) is 0.257. The first-order valence-electron chi connectivity index (χ1n) is 14.7. The number of ether oxygens (including phenoxy) is 2. The quantitative estimate of drug-likeness (QED) is 0.163. The van der Waals surface area contributed by atoms with Crippen LogP contribution in [0.5, 0.6) is 5.75 Å². The standard InChI is InChI=1S/C35H38N6O4/c1-22-11-13-25(14-12-22)41-32(20-30(40-41)35(3,4)5)39-34(43)37-28-15-16-29(27-10-8-7-9-26(27)28)45-21-24-17-18-36-31(19-24)38-33(42)23(2)44-6/h7-20,23H,21H2,1-6H3,(H,36,38,42)(H2,37,39,43)/t23-/m1/s1. The van der Waals surface area contributed by atoms with Gasteiger partial charge in [-0.25, -0.2) is 14.5 Å². The minimum absolute atomic E-state index is 0.205. The molecule has 2 aromatic heterocycles. The van der Waals surface area contributed by atoms with Crippen LogP contribution in [-0.4, -0.2) is 39.9 Å². The highest BCUT2D eigenvalue weighted by Gasteiger charge is 2.22. The first-order chi connectivity index (χ1) is 21.5. The van der Waals surface area contributed by atoms with Crippen LogP contribution in [0.15, 0.2) is 85.1 Å². The number of pyridine rings is 1. The molecule has 10 heteroatoms. The van der Waals surface area contributed by atoms with Gasteiger partial charge in [0.15, 0.2) is 0 Å². The zero-order valence-corrected chi connectivity index (χ0v) is 26.3. The second kappa shape index (κ2) is 13.2. The molecular weight excluding hydrogens is 568 g/mol. The summed E-state index contributed by atoms with van der Waals surface area (Å²) < 4.78 is 13.0. The number of amides is 3. The fourth-order valence-electron chi connectivity index (χ4n) is 4.62. The van der Waals surface area contributed by atoms with Gasteiger partial charge in [-0.05, 0) is 55.8 Å². The molecule has 1 atom stereocenters. The molecule has 10 nitrogen and oxygen atoms in total. The monoisotopic (exact) mass is 606 g/mol. The molecule has 5 rings (SSSR count). The van der Waals surface area contributed by atoms with Gasteiger partial charge in [-0.1, -0.05) is 62.7 Å². The van der Waals surface area contributed by atoms with E-state index in [9.17, 15) is 9.59 Å². The van der Waals surface area contributed by atoms with Crippen LogP contribution >= 0.6 is 0 Å². The van der Waals surface area contributed by atoms with Gasteiger partial charge in [0.25, 0.3) is 5.91 Å². The largest absolute Gasteiger partial charge is 0.488 e. The highest BCUT2D eigenvalue weighted by molar-refractivity contribution is 6.07. The lowest BCUT2D eigenvalue weighted by Crippen LogP contribution is -2.26. The molecule has 2 heterocycles. The Morgan fingerprint density at radius 1 is 0.911 bits per heavy atom. The normalized spacial score (nSPS) is 12.0. The van der Waals surface area contributed by atoms with Crippen LogP contribution in [0, 0.1) is 6.92 Å². The van der Waals surface area contributed by atoms with Crippen LogP contribution in [0.3, 0.4) is 0 Å². The molecule has 5 aromatic rings. The van der Waals surface area contributed by atoms with Crippen molar-refractivity contribution in [2.24, 2.45) is 0 Å². The van der Waals surface area contributed by atoms with Crippen molar-refractivity contribution in [1.82, 2.24) is 14.8 Å². The summed E-state index contributed by atoms with van der Waals surface area (Å²) in [5.41, 5.74) is 4.11. The number of carbonyl (C=O) groups is 2. The molecule has 0 unspecified atom stereocenters. The van der Waals surface area contributed by atoms with Crippen LogP contribution in [0.25, 0.3) is 16.5 Å². The first-order valence-corrected chi connectivity index (χ1v) is 14.7. The number of nitrogens with zero attached hydrogens (tertiary/aromatic N) is 3. The third kappa shape index (κ3) is 7.47. The smallest absolute Gasteiger partial charge is 0.324 e. The van der Waals surface area contributed by atoms with Gasteiger partial charge in [-0.15, -0.1) is 0 Å². The van der Waals surface area contributed by atoms with Gasteiger partial charge in [0.1, 0.15) is 30.1 Å². The summed E-state index contributed by atoms with van der Waals surface area (Å²) in [7, 11) is 1.48. The van der Waals surface area contributed by atoms with E-state index in [4.69, 9.17) is 14.6 Å². The van der Waals surface area contributed by atoms with E-state index in [1.54, 1.807) is 23.9 Å². The van der Waals surface area contributed by atoms with E-state index in [0.717, 1.165) is 33.3 Å². The Morgan fingerprint density at radius 2 is 1.64 bits per heavy atom. The molecule has 0 aliphatic heterocycles. The number of nitrogens with one attached hydrogen (secondary N) is 3. The van der Waals surface area contributed by atoms with Gasteiger partial charge in [0, 0.05) is 35.6 Å². The molecule has 0 bridgehead atoms. The van der Waals surface area contributed by atoms with E-state index >= 15 is 0 Å². The minimum Gasteiger partial charge on any atom is -0.488 e. The number of methoxy groups -OCH3 is 1. The molecule has 0 aliphatic rings. The second-order valence-corrected chi connectivity index (χ2v) is 11.9. The predicted molar refractivity (Wildman–Crippen MR) is 177 cm³/mol. The average molecular weight is 607 g/mol. The molecule has 0 spiro atoms. The van der Waals surface area contributed by atoms with Crippen molar-refractivity contribution in [2.75, 3.05) is 23.1 Å². The van der Waals surface area contributed by atoms with Crippen molar-refractivity contribution >= 4 is 40.0 Å². The SMILES string of the molecule is CO[C@H](C)C(=O)Nc1cc(COc2ccc(NC(=O)Nc3cc(C(C)(C)C)nn3-c3ccc(C)cc3)c3ccccc23)ccn1. The molecule has 0 saturated carbocycles. The van der Waals surface area contributed by atoms with Crippen LogP contribution in [0.4, 0.5) is 22.1 Å². The first kappa shape index (κ1) is 31.2. The molecule has 0 radical (unpaired) electrons. The number of rotatable bonds is 9. The number of aryl methyl sites for hydroxylation is 1. The Hall–Kier alpha value is -5.22. The Morgan fingerprint density at radius 3 is 2.36 bits per heavy atom. The molecule has 0 fully saturated rings. The van der Waals surface area contributed by atoms with Crippen molar-refractivity contribution in [1.29, 1.82) is 0 Å². The molecule has 3 amide bonds. The number of fused-ring (bicyclic) bond motifs is 1. The lowest BCUT2D eigenvalue weighted by atomic mass is 9.92. The van der Waals surface area contributed by atoms with Gasteiger partial charge in [-0.2, -0.15) is 5.10 Å². The molecule has 3 N–H and O–H groups in total. The van der Waals surface area contributed by atoms with Crippen molar-refractivity contribution in [3.8, 4) is 11.4 Å². The number of aromatic nitrogens is 3. The Kier molecular flexibility index (Phi) is 9.15. The maximum Gasteiger partial charge on any atom is 0.324 e. The van der Waals surface area contributed by atoms with E-state index in [1.807, 2.05) is 79.7 Å². The molecule has 3 aromatic carbocycles. The van der Waals surface area contributed by atoms with E-state index < -0.39 is 12.1 Å². The molecule has 232 valence electrons. The number of hydrogen-bond acceptors (Lipinski definition) is 6. The predicted octanol–water partition coefficient (Wildman–Crippen LogP) is 7.22. The van der Waals surface area contributed by atoms with Crippen LogP contribution < -0.4 is 20.7 Å². The maximum absolute atomic E-state index is 13.3. The van der Waals surface area contributed by atoms with Gasteiger partial charge in [-0.3, -0.25) is 10.1 Å². The van der Waals surface area contributed by atoms with Crippen molar-refractivity contribution in [3.05, 3.63) is 102 Å². The molecular formula is C35H38N6O4. The Balaban J connectivity index is 1.33. The zero-order valence-electron chi connectivity index (χ0n) is 26.3. The van der Waals surface area contributed by atoms with Crippen molar-refractivity contribution < 1.29 is 19.1 Å². The summed E-state index contributed by atoms with van der Waals surface area (Å²) in [6.45, 7) is 10.2. The Labute approximate surface area is 262 Å². The topological polar surface area (TPSA) is 119 Å². The van der Waals surface area contributed by atoms with Gasteiger partial charge in [0.2, 0.25) is 0 Å². The number of urea groups is 1. The molecule has 0 aliphatic carbocycles. The van der Waals surface area contributed by atoms with E-state index in [0.29, 0.717) is 23.1 Å². The van der Waals surface area contributed by atoms with Crippen LogP contribution in [0.1, 0.15) is 44.5 Å². The summed E-state index contributed by atoms with van der Waals surface area (Å²) in [5, 5.41) is 15.2. The third-order valence-corrected chi connectivity index (χ3v) is 7.32. The number of benzene rings is 3. The highest BCUT2D eigenvalue weighted by Crippen LogP contribution is 2.33. The lowest BCUT2D eigenvalue weighted by Gasteiger charge is -2.15. The maximum atomic E-state index is 13.3. The number of carbonyl (C=O) groups excluding carboxylic acids is 2. The van der Waals surface area contributed by atoms with Gasteiger partial charge >= 0.3 is 6.03 Å². The van der Waals surface area contributed by atoms with E-state index in [-0.39, 0.29) is 17.9 Å². The van der Waals surface area contributed by atoms with Crippen molar-refractivity contribution in [3.63, 3.8) is 0 Å². The Bertz CT molecular complexity index is 1820. The van der Waals surface area contributed by atoms with Crippen LogP contribution in [-0.2, 0) is 21.6 Å². The van der Waals surface area contributed by atoms with E-state index in [1.165, 1.54) is 7.11 Å².